The van der Waals surface area contributed by atoms with Crippen LogP contribution in [-0.4, -0.2) is 50.4 Å². The highest BCUT2D eigenvalue weighted by Crippen LogP contribution is 2.26. The van der Waals surface area contributed by atoms with Crippen LogP contribution in [-0.2, 0) is 9.84 Å². The van der Waals surface area contributed by atoms with Crippen molar-refractivity contribution in [1.82, 2.24) is 4.90 Å². The second-order valence-electron chi connectivity index (χ2n) is 5.98. The van der Waals surface area contributed by atoms with Gasteiger partial charge < -0.3 is 10.0 Å². The molecule has 0 heterocycles. The molecule has 1 N–H and O–H groups in total. The summed E-state index contributed by atoms with van der Waals surface area (Å²) in [5, 5.41) is 18.7. The van der Waals surface area contributed by atoms with Gasteiger partial charge in [0.1, 0.15) is 0 Å². The van der Waals surface area contributed by atoms with Gasteiger partial charge in [0.15, 0.2) is 9.84 Å². The van der Waals surface area contributed by atoms with Crippen LogP contribution in [0.3, 0.4) is 0 Å². The maximum Gasteiger partial charge on any atom is 0.179 e. The van der Waals surface area contributed by atoms with Crippen molar-refractivity contribution in [2.24, 2.45) is 5.92 Å². The number of rotatable bonds is 6. The minimum atomic E-state index is -3.39. The highest BCUT2D eigenvalue weighted by molar-refractivity contribution is 7.91. The van der Waals surface area contributed by atoms with E-state index in [2.05, 4.69) is 0 Å². The maximum absolute atomic E-state index is 12.3. The van der Waals surface area contributed by atoms with Gasteiger partial charge in [0.05, 0.1) is 28.4 Å². The molecule has 1 fully saturated rings. The Balaban J connectivity index is 1.93. The molecule has 0 aliphatic heterocycles. The van der Waals surface area contributed by atoms with Gasteiger partial charge in [-0.15, -0.1) is 0 Å². The predicted octanol–water partition coefficient (Wildman–Crippen LogP) is 1.42. The van der Waals surface area contributed by atoms with E-state index in [1.807, 2.05) is 18.0 Å². The monoisotopic (exact) mass is 322 g/mol. The lowest BCUT2D eigenvalue weighted by Gasteiger charge is -2.22. The van der Waals surface area contributed by atoms with E-state index in [9.17, 15) is 13.5 Å². The van der Waals surface area contributed by atoms with E-state index in [0.717, 1.165) is 25.8 Å². The minimum absolute atomic E-state index is 0.0151. The molecule has 0 spiro atoms. The lowest BCUT2D eigenvalue weighted by atomic mass is 10.1. The molecule has 0 amide bonds. The van der Waals surface area contributed by atoms with Gasteiger partial charge in [-0.05, 0) is 44.0 Å². The number of hydrogen-bond acceptors (Lipinski definition) is 5. The van der Waals surface area contributed by atoms with E-state index < -0.39 is 9.84 Å². The Morgan fingerprint density at radius 1 is 1.41 bits per heavy atom. The quantitative estimate of drug-likeness (QED) is 0.857. The second kappa shape index (κ2) is 7.23. The number of nitriles is 1. The van der Waals surface area contributed by atoms with Gasteiger partial charge in [0.25, 0.3) is 0 Å². The summed E-state index contributed by atoms with van der Waals surface area (Å²) in [5.74, 6) is 0.260. The average Bonchev–Trinajstić information content (AvgIpc) is 2.90. The first-order valence-corrected chi connectivity index (χ1v) is 9.17. The van der Waals surface area contributed by atoms with Gasteiger partial charge in [-0.3, -0.25) is 0 Å². The molecule has 0 radical (unpaired) electrons. The third-order valence-electron chi connectivity index (χ3n) is 4.23. The van der Waals surface area contributed by atoms with Crippen molar-refractivity contribution in [2.45, 2.75) is 30.3 Å². The van der Waals surface area contributed by atoms with Crippen LogP contribution in [0.5, 0.6) is 0 Å². The summed E-state index contributed by atoms with van der Waals surface area (Å²) in [5.41, 5.74) is 0.350. The van der Waals surface area contributed by atoms with Crippen LogP contribution in [0.4, 0.5) is 0 Å². The van der Waals surface area contributed by atoms with Crippen molar-refractivity contribution in [3.8, 4) is 6.07 Å². The Kier molecular flexibility index (Phi) is 5.57. The third kappa shape index (κ3) is 4.29. The lowest BCUT2D eigenvalue weighted by Crippen LogP contribution is -2.33. The Bertz CT molecular complexity index is 652. The molecule has 6 heteroatoms. The first kappa shape index (κ1) is 16.9. The summed E-state index contributed by atoms with van der Waals surface area (Å²) in [6.45, 7) is 1.14. The fraction of sp³-hybridized carbons (Fsp3) is 0.562. The van der Waals surface area contributed by atoms with Crippen LogP contribution < -0.4 is 0 Å². The standard InChI is InChI=1S/C16H22N2O3S/c1-18(12-14-5-3-7-16(14)19)8-9-22(20,21)15-6-2-4-13(10-15)11-17/h2,4,6,10,14,16,19H,3,5,7-9,12H2,1H3. The fourth-order valence-electron chi connectivity index (χ4n) is 2.87. The molecule has 1 aromatic rings. The van der Waals surface area contributed by atoms with Gasteiger partial charge >= 0.3 is 0 Å². The fourth-order valence-corrected chi connectivity index (χ4v) is 4.25. The van der Waals surface area contributed by atoms with Crippen LogP contribution in [0.25, 0.3) is 0 Å². The molecular formula is C16H22N2O3S. The Morgan fingerprint density at radius 2 is 2.18 bits per heavy atom. The van der Waals surface area contributed by atoms with Crippen LogP contribution in [0.15, 0.2) is 29.2 Å². The topological polar surface area (TPSA) is 81.4 Å². The number of hydrogen-bond donors (Lipinski definition) is 1. The minimum Gasteiger partial charge on any atom is -0.393 e. The molecule has 2 unspecified atom stereocenters. The average molecular weight is 322 g/mol. The van der Waals surface area contributed by atoms with Gasteiger partial charge in [-0.1, -0.05) is 12.5 Å². The lowest BCUT2D eigenvalue weighted by molar-refractivity contribution is 0.111. The highest BCUT2D eigenvalue weighted by Gasteiger charge is 2.26. The zero-order valence-corrected chi connectivity index (χ0v) is 13.6. The normalized spacial score (nSPS) is 21.9. The predicted molar refractivity (Wildman–Crippen MR) is 84.1 cm³/mol. The molecule has 0 saturated heterocycles. The van der Waals surface area contributed by atoms with Gasteiger partial charge in [-0.25, -0.2) is 8.42 Å². The van der Waals surface area contributed by atoms with Crippen LogP contribution in [0.2, 0.25) is 0 Å². The molecule has 2 rings (SSSR count). The summed E-state index contributed by atoms with van der Waals surface area (Å²) in [7, 11) is -1.51. The molecule has 1 aliphatic carbocycles. The summed E-state index contributed by atoms with van der Waals surface area (Å²) in [6, 6.07) is 8.07. The maximum atomic E-state index is 12.3. The molecule has 1 aromatic carbocycles. The Hall–Kier alpha value is -1.42. The number of nitrogens with zero attached hydrogens (tertiary/aromatic N) is 2. The first-order valence-electron chi connectivity index (χ1n) is 7.52. The Morgan fingerprint density at radius 3 is 2.82 bits per heavy atom. The van der Waals surface area contributed by atoms with Crippen molar-refractivity contribution >= 4 is 9.84 Å². The van der Waals surface area contributed by atoms with Crippen LogP contribution in [0.1, 0.15) is 24.8 Å². The summed E-state index contributed by atoms with van der Waals surface area (Å²) in [6.07, 6.45) is 2.63. The number of aliphatic hydroxyl groups excluding tert-OH is 1. The number of benzene rings is 1. The molecule has 22 heavy (non-hydrogen) atoms. The van der Waals surface area contributed by atoms with Gasteiger partial charge in [0, 0.05) is 13.1 Å². The number of aliphatic hydroxyl groups is 1. The number of sulfone groups is 1. The Labute approximate surface area is 132 Å². The molecule has 2 atom stereocenters. The summed E-state index contributed by atoms with van der Waals surface area (Å²) in [4.78, 5) is 2.16. The van der Waals surface area contributed by atoms with Crippen molar-refractivity contribution < 1.29 is 13.5 Å². The van der Waals surface area contributed by atoms with Crippen molar-refractivity contribution in [2.75, 3.05) is 25.9 Å². The van der Waals surface area contributed by atoms with Crippen LogP contribution >= 0.6 is 0 Å². The molecule has 120 valence electrons. The van der Waals surface area contributed by atoms with Crippen molar-refractivity contribution in [3.05, 3.63) is 29.8 Å². The van der Waals surface area contributed by atoms with E-state index in [4.69, 9.17) is 5.26 Å². The molecular weight excluding hydrogens is 300 g/mol. The van der Waals surface area contributed by atoms with Crippen molar-refractivity contribution in [3.63, 3.8) is 0 Å². The van der Waals surface area contributed by atoms with E-state index >= 15 is 0 Å². The summed E-state index contributed by atoms with van der Waals surface area (Å²) >= 11 is 0. The zero-order valence-electron chi connectivity index (χ0n) is 12.8. The third-order valence-corrected chi connectivity index (χ3v) is 5.92. The second-order valence-corrected chi connectivity index (χ2v) is 8.09. The summed E-state index contributed by atoms with van der Waals surface area (Å²) < 4.78 is 24.6. The largest absolute Gasteiger partial charge is 0.393 e. The molecule has 1 aliphatic rings. The smallest absolute Gasteiger partial charge is 0.179 e. The van der Waals surface area contributed by atoms with Crippen molar-refractivity contribution in [1.29, 1.82) is 5.26 Å². The molecule has 1 saturated carbocycles. The molecule has 5 nitrogen and oxygen atoms in total. The van der Waals surface area contributed by atoms with E-state index in [-0.39, 0.29) is 22.7 Å². The highest BCUT2D eigenvalue weighted by atomic mass is 32.2. The van der Waals surface area contributed by atoms with Gasteiger partial charge in [-0.2, -0.15) is 5.26 Å². The van der Waals surface area contributed by atoms with E-state index in [1.54, 1.807) is 12.1 Å². The molecule has 0 bridgehead atoms. The first-order chi connectivity index (χ1) is 10.4. The van der Waals surface area contributed by atoms with E-state index in [1.165, 1.54) is 12.1 Å². The SMILES string of the molecule is CN(CCS(=O)(=O)c1cccc(C#N)c1)CC1CCCC1O. The van der Waals surface area contributed by atoms with Gasteiger partial charge in [0.2, 0.25) is 0 Å². The molecule has 0 aromatic heterocycles. The van der Waals surface area contributed by atoms with Crippen LogP contribution in [0, 0.1) is 17.2 Å². The zero-order chi connectivity index (χ0) is 16.2. The van der Waals surface area contributed by atoms with E-state index in [0.29, 0.717) is 12.1 Å².